The first-order chi connectivity index (χ1) is 15.6. The van der Waals surface area contributed by atoms with Crippen molar-refractivity contribution in [3.63, 3.8) is 0 Å². The molecule has 33 heavy (non-hydrogen) atoms. The number of hydrogen-bond donors (Lipinski definition) is 2. The Hall–Kier alpha value is -1.67. The van der Waals surface area contributed by atoms with Crippen molar-refractivity contribution >= 4 is 28.3 Å². The zero-order valence-electron chi connectivity index (χ0n) is 19.4. The number of ether oxygens (including phenoxy) is 4. The van der Waals surface area contributed by atoms with Crippen molar-refractivity contribution in [1.29, 1.82) is 0 Å². The van der Waals surface area contributed by atoms with Crippen molar-refractivity contribution in [3.05, 3.63) is 45.9 Å². The first-order valence-corrected chi connectivity index (χ1v) is 12.2. The molecule has 0 bridgehead atoms. The number of unbranched alkanes of at least 4 members (excludes halogenated alkanes) is 4. The third kappa shape index (κ3) is 8.25. The summed E-state index contributed by atoms with van der Waals surface area (Å²) < 4.78 is 23.4. The van der Waals surface area contributed by atoms with Gasteiger partial charge >= 0.3 is 0 Å². The minimum atomic E-state index is -0.809. The van der Waals surface area contributed by atoms with Crippen molar-refractivity contribution in [2.24, 2.45) is 0 Å². The standard InChI is InChI=1S/C25H34BrNO5.ClH/c1-3-4-5-6-7-10-27-16-18-13-20(26)25(24(14-18)29-2)32-17-21(28)19-8-9-22-23(15-19)31-12-11-30-22;/h8-9,13-15,21,27-28H,3-7,10-12,16-17H2,1-2H3;1H. The summed E-state index contributed by atoms with van der Waals surface area (Å²) in [4.78, 5) is 0. The number of fused-ring (bicyclic) bond motifs is 1. The van der Waals surface area contributed by atoms with Crippen LogP contribution in [0.5, 0.6) is 23.0 Å². The lowest BCUT2D eigenvalue weighted by molar-refractivity contribution is 0.105. The van der Waals surface area contributed by atoms with E-state index in [4.69, 9.17) is 18.9 Å². The average Bonchev–Trinajstić information content (AvgIpc) is 2.82. The van der Waals surface area contributed by atoms with E-state index in [0.717, 1.165) is 23.1 Å². The molecule has 1 atom stereocenters. The maximum atomic E-state index is 10.6. The number of aliphatic hydroxyl groups is 1. The highest BCUT2D eigenvalue weighted by Crippen LogP contribution is 2.38. The van der Waals surface area contributed by atoms with Gasteiger partial charge in [0, 0.05) is 6.54 Å². The van der Waals surface area contributed by atoms with E-state index in [9.17, 15) is 5.11 Å². The molecule has 184 valence electrons. The van der Waals surface area contributed by atoms with Crippen LogP contribution >= 0.6 is 28.3 Å². The van der Waals surface area contributed by atoms with Crippen molar-refractivity contribution in [2.75, 3.05) is 33.5 Å². The van der Waals surface area contributed by atoms with Crippen LogP contribution in [0.1, 0.15) is 56.3 Å². The van der Waals surface area contributed by atoms with Gasteiger partial charge in [0.1, 0.15) is 25.9 Å². The molecule has 1 heterocycles. The molecular formula is C25H35BrClNO5. The highest BCUT2D eigenvalue weighted by Gasteiger charge is 2.18. The quantitative estimate of drug-likeness (QED) is 0.310. The molecule has 0 radical (unpaired) electrons. The highest BCUT2D eigenvalue weighted by atomic mass is 79.9. The highest BCUT2D eigenvalue weighted by molar-refractivity contribution is 9.10. The second kappa shape index (κ2) is 14.6. The van der Waals surface area contributed by atoms with Crippen LogP contribution in [0.25, 0.3) is 0 Å². The zero-order valence-corrected chi connectivity index (χ0v) is 21.8. The molecule has 0 amide bonds. The maximum absolute atomic E-state index is 10.6. The first kappa shape index (κ1) is 27.6. The Morgan fingerprint density at radius 1 is 1.06 bits per heavy atom. The van der Waals surface area contributed by atoms with Gasteiger partial charge in [-0.05, 0) is 64.3 Å². The number of aliphatic hydroxyl groups excluding tert-OH is 1. The molecule has 1 unspecified atom stereocenters. The van der Waals surface area contributed by atoms with Gasteiger partial charge in [-0.2, -0.15) is 0 Å². The Morgan fingerprint density at radius 2 is 1.82 bits per heavy atom. The van der Waals surface area contributed by atoms with Gasteiger partial charge in [-0.25, -0.2) is 0 Å². The second-order valence-electron chi connectivity index (χ2n) is 7.93. The van der Waals surface area contributed by atoms with Crippen LogP contribution in [0.2, 0.25) is 0 Å². The molecule has 3 rings (SSSR count). The summed E-state index contributed by atoms with van der Waals surface area (Å²) in [5.74, 6) is 2.55. The number of benzene rings is 2. The predicted octanol–water partition coefficient (Wildman–Crippen LogP) is 5.82. The van der Waals surface area contributed by atoms with Gasteiger partial charge in [0.25, 0.3) is 0 Å². The maximum Gasteiger partial charge on any atom is 0.175 e. The van der Waals surface area contributed by atoms with E-state index in [-0.39, 0.29) is 19.0 Å². The van der Waals surface area contributed by atoms with E-state index in [1.54, 1.807) is 13.2 Å². The van der Waals surface area contributed by atoms with Crippen LogP contribution < -0.4 is 24.3 Å². The van der Waals surface area contributed by atoms with Gasteiger partial charge in [0.15, 0.2) is 23.0 Å². The largest absolute Gasteiger partial charge is 0.493 e. The van der Waals surface area contributed by atoms with E-state index < -0.39 is 6.10 Å². The SMILES string of the molecule is CCCCCCCNCc1cc(Br)c(OCC(O)c2ccc3c(c2)OCCO3)c(OC)c1.Cl. The van der Waals surface area contributed by atoms with E-state index in [1.165, 1.54) is 32.1 Å². The van der Waals surface area contributed by atoms with Gasteiger partial charge in [0.05, 0.1) is 11.6 Å². The van der Waals surface area contributed by atoms with E-state index in [1.807, 2.05) is 24.3 Å². The van der Waals surface area contributed by atoms with Gasteiger partial charge in [0.2, 0.25) is 0 Å². The van der Waals surface area contributed by atoms with Gasteiger partial charge in [-0.1, -0.05) is 38.7 Å². The number of hydrogen-bond acceptors (Lipinski definition) is 6. The molecule has 0 aliphatic carbocycles. The molecule has 1 aliphatic heterocycles. The Morgan fingerprint density at radius 3 is 2.58 bits per heavy atom. The van der Waals surface area contributed by atoms with E-state index in [0.29, 0.717) is 41.8 Å². The number of rotatable bonds is 13. The molecule has 2 aromatic rings. The van der Waals surface area contributed by atoms with Gasteiger partial charge < -0.3 is 29.4 Å². The van der Waals surface area contributed by atoms with Crippen LogP contribution in [0, 0.1) is 0 Å². The fourth-order valence-corrected chi connectivity index (χ4v) is 4.23. The lowest BCUT2D eigenvalue weighted by Crippen LogP contribution is -2.16. The lowest BCUT2D eigenvalue weighted by Gasteiger charge is -2.21. The first-order valence-electron chi connectivity index (χ1n) is 11.4. The summed E-state index contributed by atoms with van der Waals surface area (Å²) in [5.41, 5.74) is 1.83. The molecule has 0 saturated carbocycles. The smallest absolute Gasteiger partial charge is 0.175 e. The molecule has 0 spiro atoms. The molecule has 0 fully saturated rings. The van der Waals surface area contributed by atoms with E-state index >= 15 is 0 Å². The fraction of sp³-hybridized carbons (Fsp3) is 0.520. The summed E-state index contributed by atoms with van der Waals surface area (Å²) in [5, 5.41) is 14.1. The molecule has 6 nitrogen and oxygen atoms in total. The summed E-state index contributed by atoms with van der Waals surface area (Å²) >= 11 is 3.59. The van der Waals surface area contributed by atoms with Crippen LogP contribution in [-0.2, 0) is 6.54 Å². The molecule has 1 aliphatic rings. The van der Waals surface area contributed by atoms with Crippen LogP contribution in [0.3, 0.4) is 0 Å². The molecule has 2 N–H and O–H groups in total. The minimum Gasteiger partial charge on any atom is -0.493 e. The average molecular weight is 545 g/mol. The van der Waals surface area contributed by atoms with Crippen LogP contribution in [-0.4, -0.2) is 38.6 Å². The minimum absolute atomic E-state index is 0. The number of halogens is 2. The molecule has 0 aromatic heterocycles. The van der Waals surface area contributed by atoms with Gasteiger partial charge in [-0.3, -0.25) is 0 Å². The second-order valence-corrected chi connectivity index (χ2v) is 8.78. The normalized spacial score (nSPS) is 13.2. The number of methoxy groups -OCH3 is 1. The lowest BCUT2D eigenvalue weighted by atomic mass is 10.1. The van der Waals surface area contributed by atoms with Crippen molar-refractivity contribution in [2.45, 2.75) is 51.7 Å². The van der Waals surface area contributed by atoms with Crippen LogP contribution in [0.15, 0.2) is 34.8 Å². The Bertz CT molecular complexity index is 867. The summed E-state index contributed by atoms with van der Waals surface area (Å²) in [6.45, 7) is 5.13. The van der Waals surface area contributed by atoms with E-state index in [2.05, 4.69) is 28.2 Å². The summed E-state index contributed by atoms with van der Waals surface area (Å²) in [7, 11) is 1.62. The summed E-state index contributed by atoms with van der Waals surface area (Å²) in [6.07, 6.45) is 5.54. The topological polar surface area (TPSA) is 69.2 Å². The summed E-state index contributed by atoms with van der Waals surface area (Å²) in [6, 6.07) is 9.44. The molecule has 0 saturated heterocycles. The monoisotopic (exact) mass is 543 g/mol. The van der Waals surface area contributed by atoms with Crippen molar-refractivity contribution in [3.8, 4) is 23.0 Å². The third-order valence-electron chi connectivity index (χ3n) is 5.41. The number of nitrogens with one attached hydrogen (secondary N) is 1. The van der Waals surface area contributed by atoms with Crippen molar-refractivity contribution in [1.82, 2.24) is 5.32 Å². The van der Waals surface area contributed by atoms with Crippen LogP contribution in [0.4, 0.5) is 0 Å². The Balaban J connectivity index is 0.00000385. The van der Waals surface area contributed by atoms with Gasteiger partial charge in [-0.15, -0.1) is 12.4 Å². The molecular weight excluding hydrogens is 510 g/mol. The Labute approximate surface area is 211 Å². The fourth-order valence-electron chi connectivity index (χ4n) is 3.63. The Kier molecular flexibility index (Phi) is 12.2. The molecule has 8 heteroatoms. The molecule has 2 aromatic carbocycles. The van der Waals surface area contributed by atoms with Crippen molar-refractivity contribution < 1.29 is 24.1 Å². The third-order valence-corrected chi connectivity index (χ3v) is 6.00. The zero-order chi connectivity index (χ0) is 22.8. The predicted molar refractivity (Wildman–Crippen MR) is 136 cm³/mol.